The van der Waals surface area contributed by atoms with Crippen molar-refractivity contribution in [3.8, 4) is 11.5 Å². The first-order valence-electron chi connectivity index (χ1n) is 7.28. The quantitative estimate of drug-likeness (QED) is 0.379. The molecule has 1 amide bonds. The van der Waals surface area contributed by atoms with Crippen molar-refractivity contribution in [2.24, 2.45) is 0 Å². The summed E-state index contributed by atoms with van der Waals surface area (Å²) in [5.74, 6) is 0.353. The van der Waals surface area contributed by atoms with Gasteiger partial charge in [-0.15, -0.1) is 11.8 Å². The monoisotopic (exact) mass is 358 g/mol. The number of nitrogens with one attached hydrogen (secondary N) is 1. The number of nitrogens with zero attached hydrogens (tertiary/aromatic N) is 1. The lowest BCUT2D eigenvalue weighted by Gasteiger charge is -2.04. The molecule has 0 atom stereocenters. The highest BCUT2D eigenvalue weighted by molar-refractivity contribution is 7.98. The fourth-order valence-electron chi connectivity index (χ4n) is 2.29. The van der Waals surface area contributed by atoms with Crippen LogP contribution < -0.4 is 14.8 Å². The number of nitro benzene ring substituents is 1. The third-order valence-electron chi connectivity index (χ3n) is 3.47. The zero-order valence-corrected chi connectivity index (χ0v) is 14.0. The van der Waals surface area contributed by atoms with Crippen molar-refractivity contribution < 1.29 is 19.2 Å². The highest BCUT2D eigenvalue weighted by Gasteiger charge is 2.22. The van der Waals surface area contributed by atoms with Gasteiger partial charge in [-0.3, -0.25) is 14.9 Å². The van der Waals surface area contributed by atoms with Gasteiger partial charge in [0.25, 0.3) is 5.69 Å². The molecule has 1 N–H and O–H groups in total. The molecule has 3 rings (SSSR count). The Morgan fingerprint density at radius 1 is 1.28 bits per heavy atom. The van der Waals surface area contributed by atoms with Gasteiger partial charge in [0, 0.05) is 16.7 Å². The molecule has 0 aromatic heterocycles. The topological polar surface area (TPSA) is 90.7 Å². The number of ether oxygens (including phenoxy) is 2. The maximum Gasteiger partial charge on any atom is 0.280 e. The largest absolute Gasteiger partial charge is 0.454 e. The summed E-state index contributed by atoms with van der Waals surface area (Å²) in [6, 6.07) is 10.2. The van der Waals surface area contributed by atoms with Crippen LogP contribution >= 0.6 is 11.8 Å². The second-order valence-electron chi connectivity index (χ2n) is 5.08. The minimum Gasteiger partial charge on any atom is -0.454 e. The number of benzene rings is 2. The third kappa shape index (κ3) is 3.92. The minimum absolute atomic E-state index is 0.0198. The lowest BCUT2D eigenvalue weighted by atomic mass is 10.1. The zero-order chi connectivity index (χ0) is 17.8. The Hall–Kier alpha value is -3.00. The molecule has 2 aromatic rings. The number of anilines is 1. The van der Waals surface area contributed by atoms with Crippen LogP contribution in [0.2, 0.25) is 0 Å². The molecular formula is C17H14N2O5S. The number of amides is 1. The standard InChI is InChI=1S/C17H14N2O5S/c1-25-13-4-2-3-12(8-13)18-17(20)6-5-11-7-15-16(24-10-23-15)9-14(11)19(21)22/h2-9H,10H2,1H3,(H,18,20)/b6-5+. The first-order chi connectivity index (χ1) is 12.1. The molecule has 0 saturated heterocycles. The predicted octanol–water partition coefficient (Wildman–Crippen LogP) is 3.70. The molecule has 128 valence electrons. The number of rotatable bonds is 5. The van der Waals surface area contributed by atoms with Crippen LogP contribution in [0.25, 0.3) is 6.08 Å². The summed E-state index contributed by atoms with van der Waals surface area (Å²) in [5, 5.41) is 13.9. The first-order valence-corrected chi connectivity index (χ1v) is 8.50. The number of carbonyl (C=O) groups is 1. The zero-order valence-electron chi connectivity index (χ0n) is 13.2. The van der Waals surface area contributed by atoms with E-state index in [4.69, 9.17) is 9.47 Å². The summed E-state index contributed by atoms with van der Waals surface area (Å²) in [7, 11) is 0. The van der Waals surface area contributed by atoms with E-state index in [1.54, 1.807) is 17.8 Å². The highest BCUT2D eigenvalue weighted by Crippen LogP contribution is 2.38. The summed E-state index contributed by atoms with van der Waals surface area (Å²) in [6.45, 7) is 0.0198. The molecule has 0 aliphatic carbocycles. The average Bonchev–Trinajstić information content (AvgIpc) is 3.06. The second-order valence-corrected chi connectivity index (χ2v) is 5.96. The van der Waals surface area contributed by atoms with Crippen LogP contribution in [0.3, 0.4) is 0 Å². The Morgan fingerprint density at radius 3 is 2.76 bits per heavy atom. The van der Waals surface area contributed by atoms with Crippen LogP contribution in [0, 0.1) is 10.1 Å². The molecule has 8 heteroatoms. The van der Waals surface area contributed by atoms with E-state index in [1.807, 2.05) is 24.5 Å². The maximum absolute atomic E-state index is 12.1. The van der Waals surface area contributed by atoms with Gasteiger partial charge in [0.1, 0.15) is 0 Å². The van der Waals surface area contributed by atoms with E-state index in [-0.39, 0.29) is 24.0 Å². The van der Waals surface area contributed by atoms with Crippen LogP contribution in [-0.4, -0.2) is 23.9 Å². The Labute approximate surface area is 147 Å². The third-order valence-corrected chi connectivity index (χ3v) is 4.20. The van der Waals surface area contributed by atoms with E-state index in [0.29, 0.717) is 17.2 Å². The van der Waals surface area contributed by atoms with E-state index < -0.39 is 4.92 Å². The Morgan fingerprint density at radius 2 is 2.04 bits per heavy atom. The van der Waals surface area contributed by atoms with Gasteiger partial charge in [0.2, 0.25) is 12.7 Å². The van der Waals surface area contributed by atoms with Crippen molar-refractivity contribution in [1.29, 1.82) is 0 Å². The van der Waals surface area contributed by atoms with Crippen molar-refractivity contribution in [3.05, 3.63) is 58.2 Å². The number of carbonyl (C=O) groups excluding carboxylic acids is 1. The van der Waals surface area contributed by atoms with Gasteiger partial charge in [-0.05, 0) is 36.6 Å². The molecular weight excluding hydrogens is 344 g/mol. The van der Waals surface area contributed by atoms with Gasteiger partial charge >= 0.3 is 0 Å². The molecule has 0 saturated carbocycles. The summed E-state index contributed by atoms with van der Waals surface area (Å²) in [4.78, 5) is 23.8. The second kappa shape index (κ2) is 7.27. The van der Waals surface area contributed by atoms with E-state index in [9.17, 15) is 14.9 Å². The lowest BCUT2D eigenvalue weighted by Crippen LogP contribution is -2.07. The summed E-state index contributed by atoms with van der Waals surface area (Å²) in [5.41, 5.74) is 0.765. The van der Waals surface area contributed by atoms with Crippen molar-refractivity contribution in [3.63, 3.8) is 0 Å². The van der Waals surface area contributed by atoms with E-state index in [0.717, 1.165) is 4.90 Å². The van der Waals surface area contributed by atoms with E-state index in [2.05, 4.69) is 5.32 Å². The van der Waals surface area contributed by atoms with Crippen LogP contribution in [0.15, 0.2) is 47.4 Å². The highest BCUT2D eigenvalue weighted by atomic mass is 32.2. The van der Waals surface area contributed by atoms with Crippen LogP contribution in [0.4, 0.5) is 11.4 Å². The molecule has 2 aromatic carbocycles. The fraction of sp³-hybridized carbons (Fsp3) is 0.118. The van der Waals surface area contributed by atoms with E-state index >= 15 is 0 Å². The smallest absolute Gasteiger partial charge is 0.280 e. The molecule has 0 bridgehead atoms. The minimum atomic E-state index is -0.526. The van der Waals surface area contributed by atoms with Gasteiger partial charge in [0.15, 0.2) is 11.5 Å². The van der Waals surface area contributed by atoms with Gasteiger partial charge in [-0.1, -0.05) is 6.07 Å². The number of fused-ring (bicyclic) bond motifs is 1. The molecule has 7 nitrogen and oxygen atoms in total. The Balaban J connectivity index is 1.79. The number of nitro groups is 1. The van der Waals surface area contributed by atoms with Crippen molar-refractivity contribution in [2.45, 2.75) is 4.90 Å². The number of thioether (sulfide) groups is 1. The maximum atomic E-state index is 12.1. The number of hydrogen-bond donors (Lipinski definition) is 1. The molecule has 0 spiro atoms. The van der Waals surface area contributed by atoms with Gasteiger partial charge in [-0.25, -0.2) is 0 Å². The van der Waals surface area contributed by atoms with Crippen LogP contribution in [0.5, 0.6) is 11.5 Å². The SMILES string of the molecule is CSc1cccc(NC(=O)/C=C/c2cc3c(cc2[N+](=O)[O-])OCO3)c1. The first kappa shape index (κ1) is 16.8. The molecule has 1 aliphatic rings. The molecule has 0 fully saturated rings. The molecule has 1 heterocycles. The summed E-state index contributed by atoms with van der Waals surface area (Å²) >= 11 is 1.57. The predicted molar refractivity (Wildman–Crippen MR) is 95.1 cm³/mol. The summed E-state index contributed by atoms with van der Waals surface area (Å²) < 4.78 is 10.4. The normalized spacial score (nSPS) is 12.4. The van der Waals surface area contributed by atoms with Crippen molar-refractivity contribution in [2.75, 3.05) is 18.4 Å². The van der Waals surface area contributed by atoms with Crippen LogP contribution in [0.1, 0.15) is 5.56 Å². The van der Waals surface area contributed by atoms with Crippen LogP contribution in [-0.2, 0) is 4.79 Å². The fourth-order valence-corrected chi connectivity index (χ4v) is 2.75. The average molecular weight is 358 g/mol. The van der Waals surface area contributed by atoms with E-state index in [1.165, 1.54) is 24.3 Å². The Kier molecular flexibility index (Phi) is 4.90. The molecule has 0 unspecified atom stereocenters. The molecule has 0 radical (unpaired) electrons. The van der Waals surface area contributed by atoms with Gasteiger partial charge < -0.3 is 14.8 Å². The molecule has 25 heavy (non-hydrogen) atoms. The Bertz CT molecular complexity index is 866. The number of hydrogen-bond acceptors (Lipinski definition) is 6. The summed E-state index contributed by atoms with van der Waals surface area (Å²) in [6.07, 6.45) is 4.57. The lowest BCUT2D eigenvalue weighted by molar-refractivity contribution is -0.385. The van der Waals surface area contributed by atoms with Crippen molar-refractivity contribution in [1.82, 2.24) is 0 Å². The van der Waals surface area contributed by atoms with Gasteiger partial charge in [-0.2, -0.15) is 0 Å². The van der Waals surface area contributed by atoms with Crippen molar-refractivity contribution >= 4 is 35.1 Å². The molecule has 1 aliphatic heterocycles. The van der Waals surface area contributed by atoms with Gasteiger partial charge in [0.05, 0.1) is 16.6 Å².